The van der Waals surface area contributed by atoms with Crippen LogP contribution in [0.3, 0.4) is 0 Å². The Morgan fingerprint density at radius 1 is 1.29 bits per heavy atom. The third-order valence-corrected chi connectivity index (χ3v) is 5.14. The van der Waals surface area contributed by atoms with Crippen LogP contribution in [0.4, 0.5) is 16.5 Å². The number of hydrogen-bond donors (Lipinski definition) is 1. The predicted molar refractivity (Wildman–Crippen MR) is 108 cm³/mol. The molecule has 142 valence electrons. The summed E-state index contributed by atoms with van der Waals surface area (Å²) >= 11 is 1.45. The number of likely N-dealkylation sites (N-methyl/N-ethyl adjacent to an activating group) is 1. The summed E-state index contributed by atoms with van der Waals surface area (Å²) < 4.78 is 10.2. The smallest absolute Gasteiger partial charge is 0.337 e. The van der Waals surface area contributed by atoms with Crippen molar-refractivity contribution in [3.05, 3.63) is 53.4 Å². The van der Waals surface area contributed by atoms with E-state index in [1.54, 1.807) is 30.1 Å². The maximum atomic E-state index is 11.9. The minimum Gasteiger partial charge on any atom is -0.482 e. The number of carbonyl (C=O) groups excluding carboxylic acids is 2. The minimum atomic E-state index is -0.390. The predicted octanol–water partition coefficient (Wildman–Crippen LogP) is 3.70. The highest BCUT2D eigenvalue weighted by Gasteiger charge is 2.22. The Morgan fingerprint density at radius 2 is 2.14 bits per heavy atom. The number of benzene rings is 2. The summed E-state index contributed by atoms with van der Waals surface area (Å²) in [5.41, 5.74) is 3.60. The second-order valence-electron chi connectivity index (χ2n) is 6.16. The van der Waals surface area contributed by atoms with Crippen LogP contribution in [0.1, 0.15) is 10.4 Å². The fraction of sp³-hybridized carbons (Fsp3) is 0.150. The molecule has 8 heteroatoms. The van der Waals surface area contributed by atoms with Crippen molar-refractivity contribution < 1.29 is 19.1 Å². The number of anilines is 3. The monoisotopic (exact) mass is 395 g/mol. The van der Waals surface area contributed by atoms with Crippen LogP contribution in [-0.2, 0) is 9.53 Å². The van der Waals surface area contributed by atoms with Crippen molar-refractivity contribution in [3.8, 4) is 17.0 Å². The molecule has 1 aromatic heterocycles. The van der Waals surface area contributed by atoms with Crippen LogP contribution in [0.5, 0.6) is 5.75 Å². The number of nitrogens with one attached hydrogen (secondary N) is 1. The summed E-state index contributed by atoms with van der Waals surface area (Å²) in [5.74, 6) is 0.202. The van der Waals surface area contributed by atoms with Crippen molar-refractivity contribution >= 4 is 39.7 Å². The number of amides is 1. The quantitative estimate of drug-likeness (QED) is 0.679. The topological polar surface area (TPSA) is 80.8 Å². The molecule has 3 aromatic rings. The number of carbonyl (C=O) groups is 2. The normalized spacial score (nSPS) is 12.9. The van der Waals surface area contributed by atoms with Gasteiger partial charge < -0.3 is 19.7 Å². The maximum Gasteiger partial charge on any atom is 0.337 e. The van der Waals surface area contributed by atoms with Crippen molar-refractivity contribution in [2.45, 2.75) is 0 Å². The Bertz CT molecular complexity index is 1060. The first-order chi connectivity index (χ1) is 13.5. The highest BCUT2D eigenvalue weighted by atomic mass is 32.1. The number of rotatable bonds is 4. The first kappa shape index (κ1) is 18.0. The van der Waals surface area contributed by atoms with E-state index in [4.69, 9.17) is 9.47 Å². The van der Waals surface area contributed by atoms with E-state index in [0.29, 0.717) is 16.4 Å². The summed E-state index contributed by atoms with van der Waals surface area (Å²) in [6.07, 6.45) is 0. The number of hydrogen-bond acceptors (Lipinski definition) is 7. The summed E-state index contributed by atoms with van der Waals surface area (Å²) in [4.78, 5) is 29.7. The molecule has 7 nitrogen and oxygen atoms in total. The molecule has 4 rings (SSSR count). The number of ether oxygens (including phenoxy) is 2. The zero-order valence-corrected chi connectivity index (χ0v) is 16.1. The highest BCUT2D eigenvalue weighted by Crippen LogP contribution is 2.36. The van der Waals surface area contributed by atoms with E-state index in [0.717, 1.165) is 22.6 Å². The van der Waals surface area contributed by atoms with Crippen LogP contribution in [-0.4, -0.2) is 37.6 Å². The lowest BCUT2D eigenvalue weighted by atomic mass is 10.1. The Labute approximate surface area is 165 Å². The third kappa shape index (κ3) is 3.41. The van der Waals surface area contributed by atoms with Gasteiger partial charge in [0.1, 0.15) is 5.75 Å². The second kappa shape index (κ2) is 7.32. The zero-order valence-electron chi connectivity index (χ0n) is 15.3. The standard InChI is InChI=1S/C20H17N3O4S/c1-23-16-9-12(6-7-17(16)27-10-18(23)24)15-11-28-20(22-15)21-14-5-3-4-13(8-14)19(25)26-2/h3-9,11H,10H2,1-2H3,(H,21,22). The fourth-order valence-electron chi connectivity index (χ4n) is 2.86. The van der Waals surface area contributed by atoms with E-state index >= 15 is 0 Å². The number of esters is 1. The van der Waals surface area contributed by atoms with Gasteiger partial charge in [0, 0.05) is 23.7 Å². The van der Waals surface area contributed by atoms with Crippen molar-refractivity contribution in [2.75, 3.05) is 31.0 Å². The first-order valence-corrected chi connectivity index (χ1v) is 9.38. The molecule has 1 amide bonds. The average molecular weight is 395 g/mol. The van der Waals surface area contributed by atoms with Gasteiger partial charge in [-0.1, -0.05) is 6.07 Å². The van der Waals surface area contributed by atoms with Gasteiger partial charge in [0.15, 0.2) is 11.7 Å². The van der Waals surface area contributed by atoms with Gasteiger partial charge in [-0.15, -0.1) is 11.3 Å². The molecule has 0 saturated heterocycles. The van der Waals surface area contributed by atoms with Gasteiger partial charge in [-0.05, 0) is 36.4 Å². The molecule has 1 aliphatic heterocycles. The molecule has 2 heterocycles. The molecule has 1 N–H and O–H groups in total. The van der Waals surface area contributed by atoms with Gasteiger partial charge in [-0.25, -0.2) is 9.78 Å². The molecule has 0 spiro atoms. The van der Waals surface area contributed by atoms with Crippen LogP contribution < -0.4 is 15.0 Å². The molecule has 0 fully saturated rings. The lowest BCUT2D eigenvalue weighted by Gasteiger charge is -2.26. The van der Waals surface area contributed by atoms with Gasteiger partial charge in [-0.3, -0.25) is 4.79 Å². The summed E-state index contributed by atoms with van der Waals surface area (Å²) in [6.45, 7) is 0.0538. The van der Waals surface area contributed by atoms with Gasteiger partial charge >= 0.3 is 5.97 Å². The molecular weight excluding hydrogens is 378 g/mol. The van der Waals surface area contributed by atoms with E-state index in [-0.39, 0.29) is 12.5 Å². The van der Waals surface area contributed by atoms with Crippen LogP contribution in [0.2, 0.25) is 0 Å². The zero-order chi connectivity index (χ0) is 19.7. The Balaban J connectivity index is 1.57. The summed E-state index contributed by atoms with van der Waals surface area (Å²) in [7, 11) is 3.08. The Morgan fingerprint density at radius 3 is 2.96 bits per heavy atom. The van der Waals surface area contributed by atoms with Crippen molar-refractivity contribution in [3.63, 3.8) is 0 Å². The summed E-state index contributed by atoms with van der Waals surface area (Å²) in [5, 5.41) is 5.82. The first-order valence-electron chi connectivity index (χ1n) is 8.50. The molecule has 2 aromatic carbocycles. The number of fused-ring (bicyclic) bond motifs is 1. The van der Waals surface area contributed by atoms with Crippen molar-refractivity contribution in [2.24, 2.45) is 0 Å². The average Bonchev–Trinajstić information content (AvgIpc) is 3.18. The number of thiazole rings is 1. The maximum absolute atomic E-state index is 11.9. The van der Waals surface area contributed by atoms with Gasteiger partial charge in [0.2, 0.25) is 0 Å². The SMILES string of the molecule is COC(=O)c1cccc(Nc2nc(-c3ccc4c(c3)N(C)C(=O)CO4)cs2)c1. The number of aromatic nitrogens is 1. The van der Waals surface area contributed by atoms with Crippen molar-refractivity contribution in [1.29, 1.82) is 0 Å². The van der Waals surface area contributed by atoms with Gasteiger partial charge in [-0.2, -0.15) is 0 Å². The Hall–Kier alpha value is -3.39. The van der Waals surface area contributed by atoms with E-state index in [1.807, 2.05) is 29.6 Å². The highest BCUT2D eigenvalue weighted by molar-refractivity contribution is 7.14. The van der Waals surface area contributed by atoms with Crippen LogP contribution in [0, 0.1) is 0 Å². The number of nitrogens with zero attached hydrogens (tertiary/aromatic N) is 2. The van der Waals surface area contributed by atoms with E-state index in [2.05, 4.69) is 10.3 Å². The molecule has 0 atom stereocenters. The lowest BCUT2D eigenvalue weighted by Crippen LogP contribution is -2.35. The molecule has 28 heavy (non-hydrogen) atoms. The second-order valence-corrected chi connectivity index (χ2v) is 7.02. The largest absolute Gasteiger partial charge is 0.482 e. The van der Waals surface area contributed by atoms with E-state index < -0.39 is 5.97 Å². The molecular formula is C20H17N3O4S. The summed E-state index contributed by atoms with van der Waals surface area (Å²) in [6, 6.07) is 12.7. The molecule has 0 saturated carbocycles. The minimum absolute atomic E-state index is 0.0538. The van der Waals surface area contributed by atoms with Crippen LogP contribution in [0.25, 0.3) is 11.3 Å². The van der Waals surface area contributed by atoms with Gasteiger partial charge in [0.05, 0.1) is 24.1 Å². The lowest BCUT2D eigenvalue weighted by molar-refractivity contribution is -0.120. The number of methoxy groups -OCH3 is 1. The van der Waals surface area contributed by atoms with E-state index in [9.17, 15) is 9.59 Å². The fourth-order valence-corrected chi connectivity index (χ4v) is 3.60. The molecule has 0 bridgehead atoms. The third-order valence-electron chi connectivity index (χ3n) is 4.38. The van der Waals surface area contributed by atoms with Crippen molar-refractivity contribution in [1.82, 2.24) is 4.98 Å². The molecule has 0 unspecified atom stereocenters. The molecule has 0 radical (unpaired) electrons. The molecule has 0 aliphatic carbocycles. The van der Waals surface area contributed by atoms with Crippen LogP contribution >= 0.6 is 11.3 Å². The Kier molecular flexibility index (Phi) is 4.70. The van der Waals surface area contributed by atoms with E-state index in [1.165, 1.54) is 18.4 Å². The van der Waals surface area contributed by atoms with Gasteiger partial charge in [0.25, 0.3) is 5.91 Å². The van der Waals surface area contributed by atoms with Crippen LogP contribution in [0.15, 0.2) is 47.8 Å². The molecule has 1 aliphatic rings.